The zero-order valence-electron chi connectivity index (χ0n) is 8.97. The first kappa shape index (κ1) is 12.1. The number of hydroxylamine groups is 2. The molecule has 0 heterocycles. The molecule has 0 N–H and O–H groups in total. The Labute approximate surface area is 94.4 Å². The maximum Gasteiger partial charge on any atom is 0.246 e. The third-order valence-electron chi connectivity index (χ3n) is 1.95. The zero-order chi connectivity index (χ0) is 11.1. The van der Waals surface area contributed by atoms with Gasteiger partial charge in [-0.25, -0.2) is 5.06 Å². The highest BCUT2D eigenvalue weighted by Gasteiger charge is 2.06. The second-order valence-electron chi connectivity index (χ2n) is 2.99. The molecule has 1 amide bonds. The van der Waals surface area contributed by atoms with Crippen LogP contribution in [-0.2, 0) is 9.63 Å². The van der Waals surface area contributed by atoms with Crippen LogP contribution in [0.4, 0.5) is 0 Å². The lowest BCUT2D eigenvalue weighted by Crippen LogP contribution is -2.25. The minimum Gasteiger partial charge on any atom is -0.275 e. The molecule has 0 bridgehead atoms. The summed E-state index contributed by atoms with van der Waals surface area (Å²) in [5, 5.41) is 1.26. The smallest absolute Gasteiger partial charge is 0.246 e. The minimum absolute atomic E-state index is 0.000862. The van der Waals surface area contributed by atoms with E-state index in [9.17, 15) is 4.79 Å². The molecular weight excluding hydrogens is 210 g/mol. The molecular formula is C11H15NO2S. The molecule has 0 radical (unpaired) electrons. The van der Waals surface area contributed by atoms with Crippen molar-refractivity contribution in [2.45, 2.75) is 11.3 Å². The van der Waals surface area contributed by atoms with Crippen LogP contribution in [0.3, 0.4) is 0 Å². The molecule has 0 saturated carbocycles. The maximum absolute atomic E-state index is 11.4. The average Bonchev–Trinajstić information content (AvgIpc) is 2.29. The third kappa shape index (κ3) is 4.36. The predicted molar refractivity (Wildman–Crippen MR) is 61.6 cm³/mol. The van der Waals surface area contributed by atoms with Crippen LogP contribution in [0.15, 0.2) is 35.2 Å². The van der Waals surface area contributed by atoms with Gasteiger partial charge < -0.3 is 0 Å². The number of carbonyl (C=O) groups excluding carboxylic acids is 1. The summed E-state index contributed by atoms with van der Waals surface area (Å²) in [7, 11) is 3.11. The normalized spacial score (nSPS) is 10.0. The summed E-state index contributed by atoms with van der Waals surface area (Å²) < 4.78 is 0. The summed E-state index contributed by atoms with van der Waals surface area (Å²) in [6, 6.07) is 10.0. The number of hydrogen-bond acceptors (Lipinski definition) is 3. The Morgan fingerprint density at radius 2 is 2.07 bits per heavy atom. The van der Waals surface area contributed by atoms with Crippen molar-refractivity contribution in [2.75, 3.05) is 19.9 Å². The topological polar surface area (TPSA) is 29.5 Å². The van der Waals surface area contributed by atoms with E-state index in [2.05, 4.69) is 0 Å². The van der Waals surface area contributed by atoms with Crippen molar-refractivity contribution in [1.29, 1.82) is 0 Å². The van der Waals surface area contributed by atoms with Crippen molar-refractivity contribution in [3.63, 3.8) is 0 Å². The van der Waals surface area contributed by atoms with Crippen LogP contribution < -0.4 is 0 Å². The lowest BCUT2D eigenvalue weighted by molar-refractivity contribution is -0.168. The fraction of sp³-hybridized carbons (Fsp3) is 0.364. The SMILES string of the molecule is CON(C)C(=O)CCSc1ccccc1. The highest BCUT2D eigenvalue weighted by molar-refractivity contribution is 7.99. The number of hydrogen-bond donors (Lipinski definition) is 0. The fourth-order valence-electron chi connectivity index (χ4n) is 1.03. The Morgan fingerprint density at radius 3 is 2.67 bits per heavy atom. The molecule has 82 valence electrons. The molecule has 4 heteroatoms. The van der Waals surface area contributed by atoms with E-state index in [1.807, 2.05) is 30.3 Å². The van der Waals surface area contributed by atoms with E-state index in [0.717, 1.165) is 5.75 Å². The van der Waals surface area contributed by atoms with Gasteiger partial charge in [0.25, 0.3) is 0 Å². The minimum atomic E-state index is 0.000862. The summed E-state index contributed by atoms with van der Waals surface area (Å²) in [5.74, 6) is 0.775. The van der Waals surface area contributed by atoms with Crippen molar-refractivity contribution < 1.29 is 9.63 Å². The largest absolute Gasteiger partial charge is 0.275 e. The van der Waals surface area contributed by atoms with E-state index < -0.39 is 0 Å². The van der Waals surface area contributed by atoms with E-state index in [0.29, 0.717) is 6.42 Å². The van der Waals surface area contributed by atoms with Gasteiger partial charge in [0.2, 0.25) is 5.91 Å². The average molecular weight is 225 g/mol. The van der Waals surface area contributed by atoms with Gasteiger partial charge >= 0.3 is 0 Å². The van der Waals surface area contributed by atoms with Gasteiger partial charge in [-0.05, 0) is 12.1 Å². The first-order valence-corrected chi connectivity index (χ1v) is 5.71. The van der Waals surface area contributed by atoms with Gasteiger partial charge in [-0.15, -0.1) is 11.8 Å². The summed E-state index contributed by atoms with van der Waals surface area (Å²) in [6.45, 7) is 0. The van der Waals surface area contributed by atoms with E-state index in [1.54, 1.807) is 18.8 Å². The molecule has 1 rings (SSSR count). The van der Waals surface area contributed by atoms with Crippen LogP contribution >= 0.6 is 11.8 Å². The van der Waals surface area contributed by atoms with Gasteiger partial charge in [-0.2, -0.15) is 0 Å². The van der Waals surface area contributed by atoms with Crippen molar-refractivity contribution in [3.8, 4) is 0 Å². The number of amides is 1. The van der Waals surface area contributed by atoms with Gasteiger partial charge in [0.1, 0.15) is 0 Å². The Morgan fingerprint density at radius 1 is 1.40 bits per heavy atom. The van der Waals surface area contributed by atoms with E-state index in [-0.39, 0.29) is 5.91 Å². The Balaban J connectivity index is 2.25. The van der Waals surface area contributed by atoms with E-state index in [1.165, 1.54) is 17.1 Å². The molecule has 0 spiro atoms. The molecule has 1 aromatic rings. The molecule has 0 aliphatic carbocycles. The standard InChI is InChI=1S/C11H15NO2S/c1-12(14-2)11(13)8-9-15-10-6-4-3-5-7-10/h3-7H,8-9H2,1-2H3. The van der Waals surface area contributed by atoms with Crippen molar-refractivity contribution in [3.05, 3.63) is 30.3 Å². The van der Waals surface area contributed by atoms with Crippen molar-refractivity contribution in [2.24, 2.45) is 0 Å². The molecule has 3 nitrogen and oxygen atoms in total. The van der Waals surface area contributed by atoms with Crippen LogP contribution in [-0.4, -0.2) is 30.9 Å². The van der Waals surface area contributed by atoms with Gasteiger partial charge in [0, 0.05) is 24.1 Å². The van der Waals surface area contributed by atoms with Crippen LogP contribution in [0.5, 0.6) is 0 Å². The summed E-state index contributed by atoms with van der Waals surface area (Å²) in [5.41, 5.74) is 0. The second-order valence-corrected chi connectivity index (χ2v) is 4.15. The molecule has 0 fully saturated rings. The van der Waals surface area contributed by atoms with Gasteiger partial charge in [-0.1, -0.05) is 18.2 Å². The first-order chi connectivity index (χ1) is 7.24. The fourth-order valence-corrected chi connectivity index (χ4v) is 1.89. The molecule has 0 atom stereocenters. The van der Waals surface area contributed by atoms with E-state index in [4.69, 9.17) is 4.84 Å². The van der Waals surface area contributed by atoms with Crippen molar-refractivity contribution in [1.82, 2.24) is 5.06 Å². The summed E-state index contributed by atoms with van der Waals surface area (Å²) >= 11 is 1.67. The molecule has 0 aromatic heterocycles. The third-order valence-corrected chi connectivity index (χ3v) is 2.97. The van der Waals surface area contributed by atoms with Gasteiger partial charge in [0.05, 0.1) is 7.11 Å². The van der Waals surface area contributed by atoms with Crippen LogP contribution in [0.1, 0.15) is 6.42 Å². The summed E-state index contributed by atoms with van der Waals surface area (Å²) in [4.78, 5) is 17.3. The highest BCUT2D eigenvalue weighted by Crippen LogP contribution is 2.17. The highest BCUT2D eigenvalue weighted by atomic mass is 32.2. The van der Waals surface area contributed by atoms with Gasteiger partial charge in [0.15, 0.2) is 0 Å². The van der Waals surface area contributed by atoms with Gasteiger partial charge in [-0.3, -0.25) is 9.63 Å². The first-order valence-electron chi connectivity index (χ1n) is 4.72. The van der Waals surface area contributed by atoms with Crippen molar-refractivity contribution >= 4 is 17.7 Å². The number of nitrogens with zero attached hydrogens (tertiary/aromatic N) is 1. The molecule has 1 aromatic carbocycles. The Kier molecular flexibility index (Phi) is 5.21. The quantitative estimate of drug-likeness (QED) is 0.568. The number of carbonyl (C=O) groups is 1. The lowest BCUT2D eigenvalue weighted by atomic mass is 10.4. The molecule has 0 saturated heterocycles. The Hall–Kier alpha value is -1.00. The van der Waals surface area contributed by atoms with Crippen LogP contribution in [0.25, 0.3) is 0 Å². The zero-order valence-corrected chi connectivity index (χ0v) is 9.79. The second kappa shape index (κ2) is 6.48. The molecule has 0 aliphatic rings. The predicted octanol–water partition coefficient (Wildman–Crippen LogP) is 2.19. The van der Waals surface area contributed by atoms with Crippen LogP contribution in [0, 0.1) is 0 Å². The maximum atomic E-state index is 11.4. The number of rotatable bonds is 5. The Bertz CT molecular complexity index is 303. The van der Waals surface area contributed by atoms with Crippen LogP contribution in [0.2, 0.25) is 0 Å². The number of thioether (sulfide) groups is 1. The summed E-state index contributed by atoms with van der Waals surface area (Å²) in [6.07, 6.45) is 0.490. The lowest BCUT2D eigenvalue weighted by Gasteiger charge is -2.12. The number of benzene rings is 1. The molecule has 0 aliphatic heterocycles. The molecule has 15 heavy (non-hydrogen) atoms. The van der Waals surface area contributed by atoms with E-state index >= 15 is 0 Å². The monoisotopic (exact) mass is 225 g/mol. The molecule has 0 unspecified atom stereocenters.